The number of benzene rings is 1. The summed E-state index contributed by atoms with van der Waals surface area (Å²) >= 11 is 0. The van der Waals surface area contributed by atoms with Gasteiger partial charge in [0.15, 0.2) is 0 Å². The van der Waals surface area contributed by atoms with Crippen LogP contribution in [0.25, 0.3) is 0 Å². The van der Waals surface area contributed by atoms with Gasteiger partial charge in [0.2, 0.25) is 0 Å². The second-order valence-corrected chi connectivity index (χ2v) is 11.1. The first-order chi connectivity index (χ1) is 22.0. The van der Waals surface area contributed by atoms with Crippen LogP contribution in [0, 0.1) is 0 Å². The lowest BCUT2D eigenvalue weighted by Crippen LogP contribution is -2.19. The Bertz CT molecular complexity index is 850. The molecule has 0 aromatic heterocycles. The van der Waals surface area contributed by atoms with Crippen LogP contribution in [0.5, 0.6) is 0 Å². The molecule has 1 aromatic rings. The van der Waals surface area contributed by atoms with Crippen molar-refractivity contribution in [1.29, 1.82) is 0 Å². The molecule has 0 spiro atoms. The molecule has 0 heterocycles. The van der Waals surface area contributed by atoms with E-state index in [1.807, 2.05) is 14.1 Å². The van der Waals surface area contributed by atoms with E-state index >= 15 is 0 Å². The zero-order valence-electron chi connectivity index (χ0n) is 27.1. The molecule has 1 aromatic carbocycles. The molecule has 0 N–H and O–H groups in total. The third-order valence-electron chi connectivity index (χ3n) is 5.53. The number of ether oxygens (including phenoxy) is 10. The number of hydrogen-bond donors (Lipinski definition) is 0. The van der Waals surface area contributed by atoms with Gasteiger partial charge in [-0.1, -0.05) is 18.2 Å². The van der Waals surface area contributed by atoms with Crippen LogP contribution in [0.2, 0.25) is 0 Å². The highest BCUT2D eigenvalue weighted by atomic mass is 32.2. The van der Waals surface area contributed by atoms with E-state index in [1.54, 1.807) is 18.2 Å². The lowest BCUT2D eigenvalue weighted by atomic mass is 10.4. The molecule has 0 saturated carbocycles. The van der Waals surface area contributed by atoms with Crippen LogP contribution in [0.3, 0.4) is 0 Å². The van der Waals surface area contributed by atoms with Crippen molar-refractivity contribution in [3.05, 3.63) is 30.3 Å². The Labute approximate surface area is 269 Å². The molecule has 0 aliphatic heterocycles. The number of nitrogens with zero attached hydrogens (tertiary/aromatic N) is 1. The Morgan fingerprint density at radius 3 is 0.978 bits per heavy atom. The van der Waals surface area contributed by atoms with Crippen molar-refractivity contribution in [2.24, 2.45) is 0 Å². The Hall–Kier alpha value is -1.31. The molecule has 0 atom stereocenters. The first-order valence-corrected chi connectivity index (χ1v) is 16.8. The highest BCUT2D eigenvalue weighted by molar-refractivity contribution is 7.86. The van der Waals surface area contributed by atoms with Crippen molar-refractivity contribution in [2.45, 2.75) is 4.90 Å². The third kappa shape index (κ3) is 28.6. The Kier molecular flexibility index (Phi) is 29.0. The van der Waals surface area contributed by atoms with Gasteiger partial charge in [0.25, 0.3) is 10.1 Å². The van der Waals surface area contributed by atoms with Gasteiger partial charge in [-0.15, -0.1) is 0 Å². The molecule has 45 heavy (non-hydrogen) atoms. The molecular weight excluding hydrogens is 614 g/mol. The van der Waals surface area contributed by atoms with E-state index in [0.717, 1.165) is 6.54 Å². The summed E-state index contributed by atoms with van der Waals surface area (Å²) in [6.07, 6.45) is 0. The summed E-state index contributed by atoms with van der Waals surface area (Å²) in [7, 11) is 0.274. The Balaban J connectivity index is 1.67. The summed E-state index contributed by atoms with van der Waals surface area (Å²) in [4.78, 5) is 2.20. The molecule has 264 valence electrons. The topological polar surface area (TPSA) is 139 Å². The highest BCUT2D eigenvalue weighted by Crippen LogP contribution is 2.10. The van der Waals surface area contributed by atoms with Crippen molar-refractivity contribution < 1.29 is 60.0 Å². The fourth-order valence-corrected chi connectivity index (χ4v) is 4.10. The minimum atomic E-state index is -3.75. The lowest BCUT2D eigenvalue weighted by molar-refractivity contribution is -0.0268. The van der Waals surface area contributed by atoms with Crippen molar-refractivity contribution in [2.75, 3.05) is 159 Å². The maximum atomic E-state index is 12.0. The van der Waals surface area contributed by atoms with Gasteiger partial charge in [-0.3, -0.25) is 4.18 Å². The molecule has 0 saturated heterocycles. The summed E-state index contributed by atoms with van der Waals surface area (Å²) in [6.45, 7) is 10.4. The maximum Gasteiger partial charge on any atom is 0.297 e. The predicted octanol–water partition coefficient (Wildman–Crippen LogP) is 1.12. The largest absolute Gasteiger partial charge is 0.378 e. The number of hydrogen-bond acceptors (Lipinski definition) is 14. The first-order valence-electron chi connectivity index (χ1n) is 15.4. The van der Waals surface area contributed by atoms with Gasteiger partial charge < -0.3 is 52.3 Å². The van der Waals surface area contributed by atoms with Crippen molar-refractivity contribution in [3.8, 4) is 0 Å². The van der Waals surface area contributed by atoms with Gasteiger partial charge in [0, 0.05) is 6.54 Å². The average molecular weight is 670 g/mol. The fourth-order valence-electron chi connectivity index (χ4n) is 3.19. The molecular formula is C30H55NO13S. The second-order valence-electron chi connectivity index (χ2n) is 9.52. The van der Waals surface area contributed by atoms with E-state index in [1.165, 1.54) is 12.1 Å². The molecule has 0 aliphatic carbocycles. The van der Waals surface area contributed by atoms with Gasteiger partial charge in [0.05, 0.1) is 144 Å². The normalized spacial score (nSPS) is 12.0. The van der Waals surface area contributed by atoms with Gasteiger partial charge >= 0.3 is 0 Å². The Morgan fingerprint density at radius 1 is 0.422 bits per heavy atom. The standard InChI is InChI=1S/C30H55NO13S/c1-31(2)8-9-34-10-11-35-12-13-36-14-15-37-16-17-38-18-19-39-20-21-40-22-23-41-24-25-42-26-27-43-28-29-44-45(32,33)30-6-4-3-5-7-30/h3-7H,8-29H2,1-2H3. The Morgan fingerprint density at radius 2 is 0.689 bits per heavy atom. The second kappa shape index (κ2) is 31.3. The summed E-state index contributed by atoms with van der Waals surface area (Å²) < 4.78 is 83.2. The molecule has 0 fully saturated rings. The van der Waals surface area contributed by atoms with Crippen LogP contribution in [-0.4, -0.2) is 173 Å². The van der Waals surface area contributed by atoms with Gasteiger partial charge in [0.1, 0.15) is 0 Å². The van der Waals surface area contributed by atoms with Gasteiger partial charge in [-0.25, -0.2) is 0 Å². The third-order valence-corrected chi connectivity index (χ3v) is 6.86. The summed E-state index contributed by atoms with van der Waals surface area (Å²) in [5, 5.41) is 0. The van der Waals surface area contributed by atoms with Crippen LogP contribution in [0.15, 0.2) is 35.2 Å². The van der Waals surface area contributed by atoms with Crippen molar-refractivity contribution in [1.82, 2.24) is 4.90 Å². The summed E-state index contributed by atoms with van der Waals surface area (Å²) in [6, 6.07) is 7.98. The molecule has 0 aliphatic rings. The molecule has 15 heteroatoms. The molecule has 1 rings (SSSR count). The molecule has 0 bridgehead atoms. The SMILES string of the molecule is CN(C)CCOCCOCCOCCOCCOCCOCCOCCOCCOCCOCCOS(=O)(=O)c1ccccc1. The smallest absolute Gasteiger partial charge is 0.297 e. The van der Waals surface area contributed by atoms with Crippen molar-refractivity contribution >= 4 is 10.1 Å². The fraction of sp³-hybridized carbons (Fsp3) is 0.800. The highest BCUT2D eigenvalue weighted by Gasteiger charge is 2.13. The van der Waals surface area contributed by atoms with Crippen LogP contribution < -0.4 is 0 Å². The predicted molar refractivity (Wildman–Crippen MR) is 166 cm³/mol. The molecule has 0 radical (unpaired) electrons. The van der Waals surface area contributed by atoms with E-state index in [2.05, 4.69) is 4.90 Å². The first kappa shape index (κ1) is 41.7. The van der Waals surface area contributed by atoms with E-state index in [9.17, 15) is 8.42 Å². The minimum absolute atomic E-state index is 0.0568. The quantitative estimate of drug-likeness (QED) is 0.0754. The van der Waals surface area contributed by atoms with E-state index in [0.29, 0.717) is 126 Å². The monoisotopic (exact) mass is 669 g/mol. The van der Waals surface area contributed by atoms with E-state index in [-0.39, 0.29) is 18.1 Å². The van der Waals surface area contributed by atoms with Gasteiger partial charge in [-0.2, -0.15) is 8.42 Å². The zero-order valence-corrected chi connectivity index (χ0v) is 27.9. The van der Waals surface area contributed by atoms with Crippen LogP contribution >= 0.6 is 0 Å². The minimum Gasteiger partial charge on any atom is -0.378 e. The van der Waals surface area contributed by atoms with E-state index < -0.39 is 10.1 Å². The molecule has 14 nitrogen and oxygen atoms in total. The van der Waals surface area contributed by atoms with E-state index in [4.69, 9.17) is 51.6 Å². The number of rotatable bonds is 35. The molecule has 0 unspecified atom stereocenters. The van der Waals surface area contributed by atoms with Gasteiger partial charge in [-0.05, 0) is 26.2 Å². The van der Waals surface area contributed by atoms with Crippen molar-refractivity contribution in [3.63, 3.8) is 0 Å². The zero-order chi connectivity index (χ0) is 32.5. The van der Waals surface area contributed by atoms with Crippen LogP contribution in [-0.2, 0) is 61.7 Å². The lowest BCUT2D eigenvalue weighted by Gasteiger charge is -2.10. The summed E-state index contributed by atoms with van der Waals surface area (Å²) in [5.41, 5.74) is 0. The maximum absolute atomic E-state index is 12.0. The summed E-state index contributed by atoms with van der Waals surface area (Å²) in [5.74, 6) is 0. The molecule has 0 amide bonds. The van der Waals surface area contributed by atoms with Crippen LogP contribution in [0.4, 0.5) is 0 Å². The number of likely N-dealkylation sites (N-methyl/N-ethyl adjacent to an activating group) is 1. The average Bonchev–Trinajstić information content (AvgIpc) is 3.03. The van der Waals surface area contributed by atoms with Crippen LogP contribution in [0.1, 0.15) is 0 Å².